The number of nitrogens with one attached hydrogen (secondary N) is 1. The Kier molecular flexibility index (Phi) is 4.40. The average Bonchev–Trinajstić information content (AvgIpc) is 2.80. The van der Waals surface area contributed by atoms with Gasteiger partial charge in [0.15, 0.2) is 0 Å². The smallest absolute Gasteiger partial charge is 0.0713 e. The molecule has 1 N–H and O–H groups in total. The third-order valence-electron chi connectivity index (χ3n) is 3.29. The van der Waals surface area contributed by atoms with Crippen LogP contribution in [0.4, 0.5) is 5.69 Å². The number of hydrogen-bond acceptors (Lipinski definition) is 3. The van der Waals surface area contributed by atoms with E-state index in [1.54, 1.807) is 7.11 Å². The van der Waals surface area contributed by atoms with Crippen molar-refractivity contribution in [1.29, 1.82) is 0 Å². The van der Waals surface area contributed by atoms with E-state index in [4.69, 9.17) is 4.74 Å². The van der Waals surface area contributed by atoms with E-state index in [1.807, 2.05) is 0 Å². The quantitative estimate of drug-likeness (QED) is 0.843. The van der Waals surface area contributed by atoms with E-state index >= 15 is 0 Å². The molecule has 1 aliphatic rings. The zero-order chi connectivity index (χ0) is 12.1. The molecule has 1 aromatic carbocycles. The molecule has 0 aliphatic carbocycles. The highest BCUT2D eigenvalue weighted by Gasteiger charge is 2.21. The molecule has 3 nitrogen and oxygen atoms in total. The van der Waals surface area contributed by atoms with Crippen LogP contribution < -0.4 is 10.2 Å². The summed E-state index contributed by atoms with van der Waals surface area (Å²) in [5, 5.41) is 3.51. The van der Waals surface area contributed by atoms with E-state index in [9.17, 15) is 0 Å². The molecule has 0 saturated carbocycles. The third kappa shape index (κ3) is 3.20. The van der Waals surface area contributed by atoms with Gasteiger partial charge in [0.05, 0.1) is 6.61 Å². The summed E-state index contributed by atoms with van der Waals surface area (Å²) < 4.78 is 5.12. The predicted molar refractivity (Wildman–Crippen MR) is 71.4 cm³/mol. The zero-order valence-electron chi connectivity index (χ0n) is 10.8. The Hall–Kier alpha value is -1.06. The summed E-state index contributed by atoms with van der Waals surface area (Å²) >= 11 is 0. The Morgan fingerprint density at radius 3 is 2.76 bits per heavy atom. The van der Waals surface area contributed by atoms with Crippen LogP contribution in [0.5, 0.6) is 0 Å². The number of likely N-dealkylation sites (N-methyl/N-ethyl adjacent to an activating group) is 1. The summed E-state index contributed by atoms with van der Waals surface area (Å²) in [5.41, 5.74) is 2.56. The lowest BCUT2D eigenvalue weighted by atomic mass is 10.2. The third-order valence-corrected chi connectivity index (χ3v) is 3.29. The van der Waals surface area contributed by atoms with Gasteiger partial charge in [-0.25, -0.2) is 0 Å². The number of nitrogens with zero attached hydrogens (tertiary/aromatic N) is 1. The van der Waals surface area contributed by atoms with Gasteiger partial charge in [-0.1, -0.05) is 19.1 Å². The van der Waals surface area contributed by atoms with Gasteiger partial charge in [0.25, 0.3) is 0 Å². The largest absolute Gasteiger partial charge is 0.380 e. The van der Waals surface area contributed by atoms with Gasteiger partial charge in [0.2, 0.25) is 0 Å². The molecule has 0 bridgehead atoms. The first-order valence-electron chi connectivity index (χ1n) is 6.39. The first-order valence-corrected chi connectivity index (χ1v) is 6.39. The Morgan fingerprint density at radius 2 is 2.12 bits per heavy atom. The number of hydrogen-bond donors (Lipinski definition) is 1. The van der Waals surface area contributed by atoms with Gasteiger partial charge in [-0.2, -0.15) is 0 Å². The summed E-state index contributed by atoms with van der Waals surface area (Å²) in [4.78, 5) is 2.45. The zero-order valence-corrected chi connectivity index (χ0v) is 10.8. The van der Waals surface area contributed by atoms with E-state index in [0.717, 1.165) is 19.6 Å². The molecule has 0 amide bonds. The Bertz CT molecular complexity index is 337. The maximum Gasteiger partial charge on any atom is 0.0713 e. The van der Waals surface area contributed by atoms with Crippen LogP contribution in [-0.4, -0.2) is 32.8 Å². The summed E-state index contributed by atoms with van der Waals surface area (Å²) in [7, 11) is 1.73. The topological polar surface area (TPSA) is 24.5 Å². The standard InChI is InChI=1S/C14H22N2O/c1-3-15-13-8-9-16(10-13)14-6-4-12(5-7-14)11-17-2/h4-7,13,15H,3,8-11H2,1-2H3. The van der Waals surface area contributed by atoms with Crippen LogP contribution in [0.2, 0.25) is 0 Å². The normalized spacial score (nSPS) is 19.9. The first kappa shape index (κ1) is 12.4. The van der Waals surface area contributed by atoms with Crippen LogP contribution >= 0.6 is 0 Å². The Morgan fingerprint density at radius 1 is 1.35 bits per heavy atom. The predicted octanol–water partition coefficient (Wildman–Crippen LogP) is 2.02. The minimum absolute atomic E-state index is 0.652. The maximum atomic E-state index is 5.12. The first-order chi connectivity index (χ1) is 8.33. The molecule has 1 heterocycles. The lowest BCUT2D eigenvalue weighted by Crippen LogP contribution is -2.32. The summed E-state index contributed by atoms with van der Waals surface area (Å²) in [5.74, 6) is 0. The molecule has 1 saturated heterocycles. The maximum absolute atomic E-state index is 5.12. The van der Waals surface area contributed by atoms with E-state index in [2.05, 4.69) is 41.4 Å². The fourth-order valence-electron chi connectivity index (χ4n) is 2.42. The van der Waals surface area contributed by atoms with E-state index in [0.29, 0.717) is 12.6 Å². The number of anilines is 1. The second-order valence-corrected chi connectivity index (χ2v) is 4.59. The summed E-state index contributed by atoms with van der Waals surface area (Å²) in [6.07, 6.45) is 1.24. The molecular weight excluding hydrogens is 212 g/mol. The molecule has 2 rings (SSSR count). The molecule has 0 aromatic heterocycles. The average molecular weight is 234 g/mol. The van der Waals surface area contributed by atoms with Crippen molar-refractivity contribution < 1.29 is 4.74 Å². The second kappa shape index (κ2) is 6.03. The molecule has 1 atom stereocenters. The van der Waals surface area contributed by atoms with Crippen LogP contribution in [0.15, 0.2) is 24.3 Å². The van der Waals surface area contributed by atoms with Crippen LogP contribution in [0.1, 0.15) is 18.9 Å². The fraction of sp³-hybridized carbons (Fsp3) is 0.571. The van der Waals surface area contributed by atoms with Gasteiger partial charge in [0, 0.05) is 31.9 Å². The number of methoxy groups -OCH3 is 1. The molecule has 0 radical (unpaired) electrons. The van der Waals surface area contributed by atoms with Crippen molar-refractivity contribution in [2.24, 2.45) is 0 Å². The van der Waals surface area contributed by atoms with E-state index in [1.165, 1.54) is 17.7 Å². The van der Waals surface area contributed by atoms with Crippen molar-refractivity contribution in [3.8, 4) is 0 Å². The molecule has 17 heavy (non-hydrogen) atoms. The van der Waals surface area contributed by atoms with Gasteiger partial charge >= 0.3 is 0 Å². The van der Waals surface area contributed by atoms with Crippen molar-refractivity contribution in [3.63, 3.8) is 0 Å². The van der Waals surface area contributed by atoms with Crippen molar-refractivity contribution in [1.82, 2.24) is 5.32 Å². The van der Waals surface area contributed by atoms with Crippen molar-refractivity contribution in [3.05, 3.63) is 29.8 Å². The molecule has 1 unspecified atom stereocenters. The SMILES string of the molecule is CCNC1CCN(c2ccc(COC)cc2)C1. The highest BCUT2D eigenvalue weighted by Crippen LogP contribution is 2.21. The fourth-order valence-corrected chi connectivity index (χ4v) is 2.42. The highest BCUT2D eigenvalue weighted by atomic mass is 16.5. The molecule has 1 aliphatic heterocycles. The second-order valence-electron chi connectivity index (χ2n) is 4.59. The molecule has 0 spiro atoms. The Balaban J connectivity index is 1.94. The van der Waals surface area contributed by atoms with Crippen LogP contribution in [-0.2, 0) is 11.3 Å². The summed E-state index contributed by atoms with van der Waals surface area (Å²) in [6, 6.07) is 9.35. The lowest BCUT2D eigenvalue weighted by molar-refractivity contribution is 0.185. The van der Waals surface area contributed by atoms with Crippen molar-refractivity contribution >= 4 is 5.69 Å². The van der Waals surface area contributed by atoms with Gasteiger partial charge in [-0.05, 0) is 30.7 Å². The van der Waals surface area contributed by atoms with E-state index in [-0.39, 0.29) is 0 Å². The van der Waals surface area contributed by atoms with Crippen LogP contribution in [0, 0.1) is 0 Å². The van der Waals surface area contributed by atoms with E-state index < -0.39 is 0 Å². The van der Waals surface area contributed by atoms with Crippen molar-refractivity contribution in [2.45, 2.75) is 26.0 Å². The van der Waals surface area contributed by atoms with Crippen LogP contribution in [0.3, 0.4) is 0 Å². The number of rotatable bonds is 5. The molecule has 1 fully saturated rings. The van der Waals surface area contributed by atoms with Crippen LogP contribution in [0.25, 0.3) is 0 Å². The molecule has 94 valence electrons. The highest BCUT2D eigenvalue weighted by molar-refractivity contribution is 5.48. The van der Waals surface area contributed by atoms with Gasteiger partial charge in [-0.3, -0.25) is 0 Å². The summed E-state index contributed by atoms with van der Waals surface area (Å²) in [6.45, 7) is 6.20. The monoisotopic (exact) mass is 234 g/mol. The minimum Gasteiger partial charge on any atom is -0.380 e. The molecule has 3 heteroatoms. The Labute approximate surface area is 104 Å². The van der Waals surface area contributed by atoms with Crippen molar-refractivity contribution in [2.75, 3.05) is 31.6 Å². The van der Waals surface area contributed by atoms with Gasteiger partial charge < -0.3 is 15.0 Å². The molecule has 1 aromatic rings. The number of benzene rings is 1. The number of ether oxygens (including phenoxy) is 1. The molecular formula is C14H22N2O. The minimum atomic E-state index is 0.652. The van der Waals surface area contributed by atoms with Gasteiger partial charge in [0.1, 0.15) is 0 Å². The van der Waals surface area contributed by atoms with Gasteiger partial charge in [-0.15, -0.1) is 0 Å². The lowest BCUT2D eigenvalue weighted by Gasteiger charge is -2.19.